The number of hydrogen-bond acceptors (Lipinski definition) is 7. The Kier molecular flexibility index (Phi) is 2.77. The number of carbonyl (C=O) groups is 1. The van der Waals surface area contributed by atoms with Crippen molar-refractivity contribution in [2.45, 2.75) is 18.6 Å². The smallest absolute Gasteiger partial charge is 0.343 e. The molecule has 4 heterocycles. The monoisotopic (exact) mass is 353 g/mol. The van der Waals surface area contributed by atoms with Crippen molar-refractivity contribution in [3.8, 4) is 23.0 Å². The van der Waals surface area contributed by atoms with E-state index in [4.69, 9.17) is 23.7 Å². The maximum Gasteiger partial charge on any atom is 0.343 e. The topological polar surface area (TPSA) is 75.3 Å². The molecule has 2 unspecified atom stereocenters. The molecule has 0 aliphatic carbocycles. The molecule has 2 aromatic carbocycles. The van der Waals surface area contributed by atoms with Gasteiger partial charge >= 0.3 is 5.97 Å². The number of carbonyl (C=O) groups excluding carboxylic acids is 1. The first-order valence-electron chi connectivity index (χ1n) is 8.59. The van der Waals surface area contributed by atoms with E-state index in [0.29, 0.717) is 17.1 Å². The molecule has 2 atom stereocenters. The number of hydrogen-bond donors (Lipinski definition) is 1. The normalized spacial score (nSPS) is 24.2. The lowest BCUT2D eigenvalue weighted by Crippen LogP contribution is -2.34. The fourth-order valence-electron chi connectivity index (χ4n) is 4.17. The third-order valence-electron chi connectivity index (χ3n) is 5.35. The van der Waals surface area contributed by atoms with Crippen molar-refractivity contribution in [2.24, 2.45) is 0 Å². The Hall–Kier alpha value is -2.93. The van der Waals surface area contributed by atoms with Gasteiger partial charge in [-0.25, -0.2) is 4.79 Å². The van der Waals surface area contributed by atoms with E-state index in [2.05, 4.69) is 5.32 Å². The van der Waals surface area contributed by atoms with Gasteiger partial charge in [-0.15, -0.1) is 0 Å². The number of benzene rings is 2. The lowest BCUT2D eigenvalue weighted by Gasteiger charge is -2.31. The minimum Gasteiger partial charge on any atom is -0.454 e. The molecule has 7 nitrogen and oxygen atoms in total. The maximum absolute atomic E-state index is 12.5. The standard InChI is InChI=1S/C19H15NO6/c21-19-15-10(1-2-12-18(15)25-8-22-12)17(26-19)16-11-6-14-13(23-7-24-14)5-9(11)3-4-20-16/h1-2,5-6,16-17,20H,3-4,7-8H2. The van der Waals surface area contributed by atoms with E-state index in [1.54, 1.807) is 0 Å². The van der Waals surface area contributed by atoms with Gasteiger partial charge in [-0.1, -0.05) is 6.07 Å². The van der Waals surface area contributed by atoms with Crippen molar-refractivity contribution in [3.05, 3.63) is 46.5 Å². The molecule has 2 aromatic rings. The first-order chi connectivity index (χ1) is 12.8. The second-order valence-electron chi connectivity index (χ2n) is 6.68. The van der Waals surface area contributed by atoms with Gasteiger partial charge in [0, 0.05) is 5.56 Å². The van der Waals surface area contributed by atoms with Crippen molar-refractivity contribution in [2.75, 3.05) is 20.1 Å². The van der Waals surface area contributed by atoms with Crippen LogP contribution in [0.5, 0.6) is 23.0 Å². The highest BCUT2D eigenvalue weighted by molar-refractivity contribution is 5.98. The highest BCUT2D eigenvalue weighted by Gasteiger charge is 2.43. The van der Waals surface area contributed by atoms with Crippen LogP contribution in [-0.2, 0) is 11.2 Å². The molecule has 7 heteroatoms. The first kappa shape index (κ1) is 14.3. The molecule has 0 aromatic heterocycles. The van der Waals surface area contributed by atoms with Crippen LogP contribution in [0.3, 0.4) is 0 Å². The molecule has 132 valence electrons. The predicted molar refractivity (Wildman–Crippen MR) is 87.7 cm³/mol. The molecule has 26 heavy (non-hydrogen) atoms. The summed E-state index contributed by atoms with van der Waals surface area (Å²) in [6.07, 6.45) is 0.461. The van der Waals surface area contributed by atoms with Crippen molar-refractivity contribution < 1.29 is 28.5 Å². The zero-order chi connectivity index (χ0) is 17.3. The number of rotatable bonds is 1. The van der Waals surface area contributed by atoms with E-state index in [0.717, 1.165) is 35.6 Å². The van der Waals surface area contributed by atoms with E-state index in [1.807, 2.05) is 24.3 Å². The molecule has 0 fully saturated rings. The summed E-state index contributed by atoms with van der Waals surface area (Å²) in [5.41, 5.74) is 3.55. The highest BCUT2D eigenvalue weighted by atomic mass is 16.7. The average molecular weight is 353 g/mol. The Morgan fingerprint density at radius 3 is 2.65 bits per heavy atom. The number of esters is 1. The van der Waals surface area contributed by atoms with Crippen molar-refractivity contribution in [1.29, 1.82) is 0 Å². The molecule has 0 saturated carbocycles. The Labute approximate surface area is 148 Å². The summed E-state index contributed by atoms with van der Waals surface area (Å²) in [5.74, 6) is 2.20. The van der Waals surface area contributed by atoms with Gasteiger partial charge in [0.25, 0.3) is 0 Å². The Bertz CT molecular complexity index is 956. The van der Waals surface area contributed by atoms with E-state index >= 15 is 0 Å². The first-order valence-corrected chi connectivity index (χ1v) is 8.59. The van der Waals surface area contributed by atoms with Crippen LogP contribution in [0.2, 0.25) is 0 Å². The van der Waals surface area contributed by atoms with Gasteiger partial charge in [0.2, 0.25) is 13.6 Å². The summed E-state index contributed by atoms with van der Waals surface area (Å²) in [6.45, 7) is 1.16. The Morgan fingerprint density at radius 1 is 0.923 bits per heavy atom. The number of ether oxygens (including phenoxy) is 5. The summed E-state index contributed by atoms with van der Waals surface area (Å²) in [7, 11) is 0. The second-order valence-corrected chi connectivity index (χ2v) is 6.68. The molecule has 4 aliphatic heterocycles. The number of fused-ring (bicyclic) bond motifs is 5. The van der Waals surface area contributed by atoms with Crippen LogP contribution in [0.15, 0.2) is 24.3 Å². The molecule has 0 radical (unpaired) electrons. The van der Waals surface area contributed by atoms with E-state index < -0.39 is 6.10 Å². The van der Waals surface area contributed by atoms with Crippen LogP contribution in [0.25, 0.3) is 0 Å². The molecule has 0 saturated heterocycles. The van der Waals surface area contributed by atoms with Crippen LogP contribution in [-0.4, -0.2) is 26.1 Å². The zero-order valence-corrected chi connectivity index (χ0v) is 13.7. The van der Waals surface area contributed by atoms with Gasteiger partial charge in [-0.2, -0.15) is 0 Å². The van der Waals surface area contributed by atoms with Crippen LogP contribution >= 0.6 is 0 Å². The summed E-state index contributed by atoms with van der Waals surface area (Å²) in [4.78, 5) is 12.5. The molecule has 0 amide bonds. The molecule has 1 N–H and O–H groups in total. The van der Waals surface area contributed by atoms with E-state index in [1.165, 1.54) is 5.56 Å². The average Bonchev–Trinajstić information content (AvgIpc) is 3.37. The SMILES string of the molecule is O=C1OC(C2NCCc3cc4c(cc32)OCO4)c2ccc3c(c21)OCO3. The van der Waals surface area contributed by atoms with Gasteiger partial charge in [-0.3, -0.25) is 0 Å². The van der Waals surface area contributed by atoms with Crippen molar-refractivity contribution >= 4 is 5.97 Å². The minimum atomic E-state index is -0.425. The second kappa shape index (κ2) is 5.04. The molecule has 0 bridgehead atoms. The van der Waals surface area contributed by atoms with Crippen molar-refractivity contribution in [3.63, 3.8) is 0 Å². The maximum atomic E-state index is 12.5. The zero-order valence-electron chi connectivity index (χ0n) is 13.7. The van der Waals surface area contributed by atoms with Gasteiger partial charge in [0.1, 0.15) is 11.7 Å². The quantitative estimate of drug-likeness (QED) is 0.788. The van der Waals surface area contributed by atoms with Crippen LogP contribution in [0.4, 0.5) is 0 Å². The lowest BCUT2D eigenvalue weighted by molar-refractivity contribution is 0.0284. The molecule has 4 aliphatic rings. The summed E-state index contributed by atoms with van der Waals surface area (Å²) < 4.78 is 27.7. The summed E-state index contributed by atoms with van der Waals surface area (Å²) in [5, 5.41) is 3.49. The largest absolute Gasteiger partial charge is 0.454 e. The lowest BCUT2D eigenvalue weighted by atomic mass is 9.87. The van der Waals surface area contributed by atoms with E-state index in [-0.39, 0.29) is 25.6 Å². The van der Waals surface area contributed by atoms with Crippen LogP contribution in [0, 0.1) is 0 Å². The van der Waals surface area contributed by atoms with Crippen LogP contribution in [0.1, 0.15) is 39.2 Å². The van der Waals surface area contributed by atoms with Gasteiger partial charge < -0.3 is 29.0 Å². The van der Waals surface area contributed by atoms with Crippen molar-refractivity contribution in [1.82, 2.24) is 5.32 Å². The van der Waals surface area contributed by atoms with Gasteiger partial charge in [0.15, 0.2) is 23.0 Å². The predicted octanol–water partition coefficient (Wildman–Crippen LogP) is 2.24. The van der Waals surface area contributed by atoms with Gasteiger partial charge in [0.05, 0.1) is 6.04 Å². The third-order valence-corrected chi connectivity index (χ3v) is 5.35. The Balaban J connectivity index is 1.46. The van der Waals surface area contributed by atoms with Gasteiger partial charge in [-0.05, 0) is 42.3 Å². The number of cyclic esters (lactones) is 1. The fraction of sp³-hybridized carbons (Fsp3) is 0.316. The summed E-state index contributed by atoms with van der Waals surface area (Å²) >= 11 is 0. The van der Waals surface area contributed by atoms with E-state index in [9.17, 15) is 4.79 Å². The van der Waals surface area contributed by atoms with Crippen LogP contribution < -0.4 is 24.3 Å². The minimum absolute atomic E-state index is 0.123. The Morgan fingerprint density at radius 2 is 1.73 bits per heavy atom. The third kappa shape index (κ3) is 1.83. The highest BCUT2D eigenvalue weighted by Crippen LogP contribution is 2.49. The molecule has 6 rings (SSSR count). The number of nitrogens with one attached hydrogen (secondary N) is 1. The molecule has 0 spiro atoms. The summed E-state index contributed by atoms with van der Waals surface area (Å²) in [6, 6.07) is 7.59. The fourth-order valence-corrected chi connectivity index (χ4v) is 4.17. The molecular weight excluding hydrogens is 338 g/mol. The molecular formula is C19H15NO6.